The van der Waals surface area contributed by atoms with Crippen LogP contribution in [-0.2, 0) is 14.3 Å². The topological polar surface area (TPSA) is 94.4 Å². The van der Waals surface area contributed by atoms with Crippen LogP contribution < -0.4 is 9.47 Å². The highest BCUT2D eigenvalue weighted by Crippen LogP contribution is 2.49. The Hall–Kier alpha value is -3.13. The van der Waals surface area contributed by atoms with Crippen molar-refractivity contribution in [1.29, 1.82) is 0 Å². The number of hydrogen-bond acceptors (Lipinski definition) is 7. The average Bonchev–Trinajstić information content (AvgIpc) is 2.84. The summed E-state index contributed by atoms with van der Waals surface area (Å²) in [5.74, 6) is -0.942. The summed E-state index contributed by atoms with van der Waals surface area (Å²) in [5, 5.41) is 10.4. The van der Waals surface area contributed by atoms with Gasteiger partial charge in [-0.1, -0.05) is 12.1 Å². The second-order valence-electron chi connectivity index (χ2n) is 9.41. The van der Waals surface area contributed by atoms with Crippen LogP contribution in [0.15, 0.2) is 57.1 Å². The minimum atomic E-state index is -0.770. The van der Waals surface area contributed by atoms with Gasteiger partial charge >= 0.3 is 5.97 Å². The number of ether oxygens (including phenoxy) is 3. The lowest BCUT2D eigenvalue weighted by Gasteiger charge is -2.37. The summed E-state index contributed by atoms with van der Waals surface area (Å²) < 4.78 is 16.6. The van der Waals surface area contributed by atoms with E-state index in [1.165, 1.54) is 7.11 Å². The molecule has 4 rings (SSSR count). The number of methoxy groups -OCH3 is 2. The number of ketones is 1. The molecular weight excluding hydrogens is 526 g/mol. The van der Waals surface area contributed by atoms with E-state index in [1.807, 2.05) is 24.3 Å². The van der Waals surface area contributed by atoms with Gasteiger partial charge in [0.2, 0.25) is 0 Å². The number of halogens is 1. The first kappa shape index (κ1) is 25.9. The molecular formula is C28H30BrNO6. The van der Waals surface area contributed by atoms with Gasteiger partial charge in [0.05, 0.1) is 24.8 Å². The number of carbonyl (C=O) groups excluding carboxylic acids is 2. The lowest BCUT2D eigenvalue weighted by molar-refractivity contribution is -0.150. The summed E-state index contributed by atoms with van der Waals surface area (Å²) in [6.45, 7) is 5.38. The molecule has 1 aliphatic heterocycles. The second-order valence-corrected chi connectivity index (χ2v) is 10.3. The maximum Gasteiger partial charge on any atom is 0.315 e. The molecule has 1 aliphatic carbocycles. The number of nitrogens with zero attached hydrogens (tertiary/aromatic N) is 1. The fraction of sp³-hybridized carbons (Fsp3) is 0.393. The number of carbonyl (C=O) groups is 2. The molecule has 0 amide bonds. The van der Waals surface area contributed by atoms with E-state index in [0.29, 0.717) is 39.9 Å². The molecule has 36 heavy (non-hydrogen) atoms. The molecule has 1 unspecified atom stereocenters. The second kappa shape index (κ2) is 10.5. The van der Waals surface area contributed by atoms with Gasteiger partial charge in [0.1, 0.15) is 11.7 Å². The SMILES string of the molecule is COc1ccc([C@@H]2CC(=O)C3=C(C2)N=C(C)C(C(=O)OC(C)C)[C@H]3c2cc(Br)c(O)c(OC)c2)cc1. The molecule has 0 spiro atoms. The number of phenols is 1. The van der Waals surface area contributed by atoms with Crippen LogP contribution in [0.2, 0.25) is 0 Å². The number of phenolic OH excluding ortho intramolecular Hbond substituents is 1. The molecule has 0 saturated heterocycles. The summed E-state index contributed by atoms with van der Waals surface area (Å²) in [7, 11) is 3.08. The Morgan fingerprint density at radius 2 is 1.78 bits per heavy atom. The number of allylic oxidation sites excluding steroid dienone is 2. The summed E-state index contributed by atoms with van der Waals surface area (Å²) in [6, 6.07) is 11.1. The van der Waals surface area contributed by atoms with E-state index in [2.05, 4.69) is 15.9 Å². The Labute approximate surface area is 219 Å². The van der Waals surface area contributed by atoms with E-state index in [4.69, 9.17) is 19.2 Å². The quantitative estimate of drug-likeness (QED) is 0.459. The predicted molar refractivity (Wildman–Crippen MR) is 140 cm³/mol. The van der Waals surface area contributed by atoms with Crippen molar-refractivity contribution in [3.05, 3.63) is 63.3 Å². The summed E-state index contributed by atoms with van der Waals surface area (Å²) >= 11 is 3.38. The zero-order valence-corrected chi connectivity index (χ0v) is 22.6. The van der Waals surface area contributed by atoms with E-state index in [1.54, 1.807) is 40.0 Å². The van der Waals surface area contributed by atoms with Crippen molar-refractivity contribution in [2.24, 2.45) is 10.9 Å². The predicted octanol–water partition coefficient (Wildman–Crippen LogP) is 5.70. The third-order valence-electron chi connectivity index (χ3n) is 6.71. The Morgan fingerprint density at radius 1 is 1.08 bits per heavy atom. The Morgan fingerprint density at radius 3 is 2.39 bits per heavy atom. The zero-order chi connectivity index (χ0) is 26.1. The average molecular weight is 556 g/mol. The van der Waals surface area contributed by atoms with Gasteiger partial charge in [-0.2, -0.15) is 0 Å². The van der Waals surface area contributed by atoms with Crippen LogP contribution >= 0.6 is 15.9 Å². The summed E-state index contributed by atoms with van der Waals surface area (Å²) in [4.78, 5) is 31.8. The van der Waals surface area contributed by atoms with Crippen LogP contribution in [0.5, 0.6) is 17.2 Å². The van der Waals surface area contributed by atoms with E-state index >= 15 is 0 Å². The molecule has 2 aliphatic rings. The first-order chi connectivity index (χ1) is 17.1. The molecule has 7 nitrogen and oxygen atoms in total. The highest BCUT2D eigenvalue weighted by molar-refractivity contribution is 9.10. The normalized spacial score (nSPS) is 21.7. The lowest BCUT2D eigenvalue weighted by Crippen LogP contribution is -2.38. The first-order valence-electron chi connectivity index (χ1n) is 11.9. The van der Waals surface area contributed by atoms with Crippen LogP contribution in [0, 0.1) is 5.92 Å². The number of rotatable bonds is 6. The van der Waals surface area contributed by atoms with Crippen LogP contribution in [0.25, 0.3) is 0 Å². The molecule has 8 heteroatoms. The van der Waals surface area contributed by atoms with E-state index in [0.717, 1.165) is 11.3 Å². The van der Waals surface area contributed by atoms with Crippen molar-refractivity contribution in [3.63, 3.8) is 0 Å². The van der Waals surface area contributed by atoms with Gasteiger partial charge in [-0.15, -0.1) is 0 Å². The van der Waals surface area contributed by atoms with Gasteiger partial charge < -0.3 is 19.3 Å². The Bertz CT molecular complexity index is 1250. The van der Waals surface area contributed by atoms with Crippen LogP contribution in [0.3, 0.4) is 0 Å². The molecule has 2 aromatic rings. The van der Waals surface area contributed by atoms with Crippen molar-refractivity contribution in [3.8, 4) is 17.2 Å². The largest absolute Gasteiger partial charge is 0.503 e. The maximum atomic E-state index is 13.7. The maximum absolute atomic E-state index is 13.7. The third-order valence-corrected chi connectivity index (χ3v) is 7.32. The number of aromatic hydroxyl groups is 1. The van der Waals surface area contributed by atoms with Gasteiger partial charge in [0, 0.05) is 29.3 Å². The highest BCUT2D eigenvalue weighted by Gasteiger charge is 2.45. The summed E-state index contributed by atoms with van der Waals surface area (Å²) in [6.07, 6.45) is 0.561. The third kappa shape index (κ3) is 4.91. The molecule has 0 aromatic heterocycles. The monoisotopic (exact) mass is 555 g/mol. The number of hydrogen-bond donors (Lipinski definition) is 1. The standard InChI is InChI=1S/C28H30BrNO6/c1-14(2)36-28(33)24-15(3)30-21-11-17(16-6-8-19(34-4)9-7-16)12-22(31)26(21)25(24)18-10-20(29)27(32)23(13-18)35-5/h6-10,13-14,17,24-25,32H,11-12H2,1-5H3/t17-,24?,25+/m0/s1. The van der Waals surface area contributed by atoms with E-state index in [9.17, 15) is 14.7 Å². The van der Waals surface area contributed by atoms with Crippen LogP contribution in [0.1, 0.15) is 56.6 Å². The van der Waals surface area contributed by atoms with Gasteiger partial charge in [-0.3, -0.25) is 14.6 Å². The molecule has 3 atom stereocenters. The smallest absolute Gasteiger partial charge is 0.315 e. The van der Waals surface area contributed by atoms with Gasteiger partial charge in [-0.05, 0) is 84.4 Å². The molecule has 0 radical (unpaired) electrons. The van der Waals surface area contributed by atoms with Crippen LogP contribution in [-0.4, -0.2) is 42.9 Å². The Balaban J connectivity index is 1.83. The Kier molecular flexibility index (Phi) is 7.54. The molecule has 2 aromatic carbocycles. The van der Waals surface area contributed by atoms with Gasteiger partial charge in [0.25, 0.3) is 0 Å². The molecule has 1 heterocycles. The number of esters is 1. The molecule has 0 saturated carbocycles. The van der Waals surface area contributed by atoms with Crippen molar-refractivity contribution >= 4 is 33.4 Å². The fourth-order valence-corrected chi connectivity index (χ4v) is 5.53. The van der Waals surface area contributed by atoms with Crippen molar-refractivity contribution < 1.29 is 28.9 Å². The van der Waals surface area contributed by atoms with Crippen molar-refractivity contribution in [2.75, 3.05) is 14.2 Å². The van der Waals surface area contributed by atoms with Crippen molar-refractivity contribution in [2.45, 2.75) is 51.6 Å². The minimum absolute atomic E-state index is 0.0281. The molecule has 1 N–H and O–H groups in total. The van der Waals surface area contributed by atoms with Gasteiger partial charge in [-0.25, -0.2) is 0 Å². The van der Waals surface area contributed by atoms with Crippen LogP contribution in [0.4, 0.5) is 0 Å². The fourth-order valence-electron chi connectivity index (χ4n) is 5.07. The molecule has 0 fully saturated rings. The number of aliphatic imine (C=N–C) groups is 1. The van der Waals surface area contributed by atoms with E-state index < -0.39 is 17.8 Å². The summed E-state index contributed by atoms with van der Waals surface area (Å²) in [5.41, 5.74) is 3.51. The lowest BCUT2D eigenvalue weighted by atomic mass is 9.69. The molecule has 190 valence electrons. The first-order valence-corrected chi connectivity index (χ1v) is 12.7. The van der Waals surface area contributed by atoms with Gasteiger partial charge in [0.15, 0.2) is 17.3 Å². The van der Waals surface area contributed by atoms with E-state index in [-0.39, 0.29) is 29.3 Å². The number of Topliss-reactive ketones (excluding diaryl/α,β-unsaturated/α-hetero) is 1. The number of benzene rings is 2. The van der Waals surface area contributed by atoms with Crippen molar-refractivity contribution in [1.82, 2.24) is 0 Å². The molecule has 0 bridgehead atoms. The highest BCUT2D eigenvalue weighted by atomic mass is 79.9. The minimum Gasteiger partial charge on any atom is -0.503 e. The zero-order valence-electron chi connectivity index (χ0n) is 21.0.